The number of nitrogens with zero attached hydrogens (tertiary/aromatic N) is 1. The Kier molecular flexibility index (Phi) is 3.70. The van der Waals surface area contributed by atoms with Gasteiger partial charge in [0.1, 0.15) is 10.6 Å². The maximum absolute atomic E-state index is 12.4. The molecule has 0 unspecified atom stereocenters. The molecule has 1 aliphatic heterocycles. The lowest BCUT2D eigenvalue weighted by Gasteiger charge is -2.26. The predicted molar refractivity (Wildman–Crippen MR) is 69.8 cm³/mol. The number of hydrogen-bond donors (Lipinski definition) is 2. The fourth-order valence-corrected chi connectivity index (χ4v) is 3.45. The summed E-state index contributed by atoms with van der Waals surface area (Å²) in [5.74, 6) is -0.223. The van der Waals surface area contributed by atoms with Gasteiger partial charge in [0.05, 0.1) is 0 Å². The summed E-state index contributed by atoms with van der Waals surface area (Å²) in [4.78, 5) is -0.0539. The minimum absolute atomic E-state index is 0.0539. The quantitative estimate of drug-likeness (QED) is 0.843. The molecule has 0 bridgehead atoms. The van der Waals surface area contributed by atoms with Gasteiger partial charge in [-0.25, -0.2) is 8.42 Å². The molecule has 1 heterocycles. The number of benzene rings is 1. The first-order chi connectivity index (χ1) is 8.55. The van der Waals surface area contributed by atoms with Crippen molar-refractivity contribution in [1.29, 1.82) is 0 Å². The van der Waals surface area contributed by atoms with E-state index in [0.717, 1.165) is 0 Å². The summed E-state index contributed by atoms with van der Waals surface area (Å²) in [6.45, 7) is 5.68. The van der Waals surface area contributed by atoms with Crippen molar-refractivity contribution in [2.24, 2.45) is 0 Å². The summed E-state index contributed by atoms with van der Waals surface area (Å²) in [7, 11) is -3.63. The van der Waals surface area contributed by atoms with Crippen molar-refractivity contribution in [3.8, 4) is 5.75 Å². The molecule has 18 heavy (non-hydrogen) atoms. The number of piperazine rings is 1. The normalized spacial score (nSPS) is 17.6. The molecule has 0 saturated carbocycles. The van der Waals surface area contributed by atoms with Gasteiger partial charge in [-0.15, -0.1) is 0 Å². The zero-order valence-electron chi connectivity index (χ0n) is 9.96. The number of hydrogen-bond acceptors (Lipinski definition) is 4. The Bertz CT molecular complexity index is 548. The Morgan fingerprint density at radius 2 is 2.00 bits per heavy atom. The van der Waals surface area contributed by atoms with Crippen molar-refractivity contribution in [1.82, 2.24) is 9.62 Å². The van der Waals surface area contributed by atoms with Crippen LogP contribution in [0.15, 0.2) is 29.7 Å². The Balaban J connectivity index is 2.42. The first-order valence-electron chi connectivity index (χ1n) is 5.72. The lowest BCUT2D eigenvalue weighted by atomic mass is 10.2. The van der Waals surface area contributed by atoms with E-state index in [2.05, 4.69) is 11.9 Å². The fraction of sp³-hybridized carbons (Fsp3) is 0.333. The van der Waals surface area contributed by atoms with E-state index in [0.29, 0.717) is 31.7 Å². The standard InChI is InChI=1S/C12H16N2O3S/c1-2-10-3-4-11(15)12(9-10)18(16,17)14-7-5-13-6-8-14/h2-4,9,13,15H,1,5-8H2. The van der Waals surface area contributed by atoms with Crippen LogP contribution in [0.2, 0.25) is 0 Å². The van der Waals surface area contributed by atoms with Crippen LogP contribution < -0.4 is 5.32 Å². The van der Waals surface area contributed by atoms with Crippen molar-refractivity contribution in [3.63, 3.8) is 0 Å². The van der Waals surface area contributed by atoms with E-state index in [1.807, 2.05) is 0 Å². The van der Waals surface area contributed by atoms with Gasteiger partial charge in [0.15, 0.2) is 0 Å². The van der Waals surface area contributed by atoms with E-state index in [9.17, 15) is 13.5 Å². The first kappa shape index (κ1) is 13.1. The van der Waals surface area contributed by atoms with E-state index in [1.54, 1.807) is 12.1 Å². The van der Waals surface area contributed by atoms with Gasteiger partial charge in [-0.1, -0.05) is 18.7 Å². The molecule has 0 radical (unpaired) electrons. The second-order valence-corrected chi connectivity index (χ2v) is 5.99. The van der Waals surface area contributed by atoms with Gasteiger partial charge in [-0.3, -0.25) is 0 Å². The van der Waals surface area contributed by atoms with Gasteiger partial charge < -0.3 is 10.4 Å². The van der Waals surface area contributed by atoms with Crippen molar-refractivity contribution >= 4 is 16.1 Å². The highest BCUT2D eigenvalue weighted by molar-refractivity contribution is 7.89. The van der Waals surface area contributed by atoms with Crippen LogP contribution in [0, 0.1) is 0 Å². The third-order valence-electron chi connectivity index (χ3n) is 2.91. The molecule has 2 rings (SSSR count). The van der Waals surface area contributed by atoms with Gasteiger partial charge >= 0.3 is 0 Å². The molecule has 1 aromatic carbocycles. The third kappa shape index (κ3) is 2.40. The largest absolute Gasteiger partial charge is 0.507 e. The average molecular weight is 268 g/mol. The Morgan fingerprint density at radius 1 is 1.33 bits per heavy atom. The van der Waals surface area contributed by atoms with Gasteiger partial charge in [0.25, 0.3) is 0 Å². The summed E-state index contributed by atoms with van der Waals surface area (Å²) in [6, 6.07) is 4.45. The number of phenolic OH excluding ortho intramolecular Hbond substituents is 1. The number of rotatable bonds is 3. The number of phenols is 1. The maximum atomic E-state index is 12.4. The first-order valence-corrected chi connectivity index (χ1v) is 7.16. The van der Waals surface area contributed by atoms with E-state index in [4.69, 9.17) is 0 Å². The molecule has 1 aromatic rings. The summed E-state index contributed by atoms with van der Waals surface area (Å²) in [5.41, 5.74) is 0.668. The summed E-state index contributed by atoms with van der Waals surface area (Å²) >= 11 is 0. The summed E-state index contributed by atoms with van der Waals surface area (Å²) in [6.07, 6.45) is 1.55. The van der Waals surface area contributed by atoms with Gasteiger partial charge in [0, 0.05) is 26.2 Å². The second-order valence-electron chi connectivity index (χ2n) is 4.09. The summed E-state index contributed by atoms with van der Waals surface area (Å²) < 4.78 is 26.1. The molecule has 0 spiro atoms. The van der Waals surface area contributed by atoms with Crippen molar-refractivity contribution < 1.29 is 13.5 Å². The van der Waals surface area contributed by atoms with Crippen LogP contribution in [0.3, 0.4) is 0 Å². The summed E-state index contributed by atoms with van der Waals surface area (Å²) in [5, 5.41) is 12.8. The Hall–Kier alpha value is -1.37. The van der Waals surface area contributed by atoms with Crippen LogP contribution >= 0.6 is 0 Å². The van der Waals surface area contributed by atoms with Gasteiger partial charge in [-0.05, 0) is 17.7 Å². The van der Waals surface area contributed by atoms with Crippen molar-refractivity contribution in [2.75, 3.05) is 26.2 Å². The molecular weight excluding hydrogens is 252 g/mol. The fourth-order valence-electron chi connectivity index (χ4n) is 1.89. The van der Waals surface area contributed by atoms with Gasteiger partial charge in [-0.2, -0.15) is 4.31 Å². The van der Waals surface area contributed by atoms with E-state index in [-0.39, 0.29) is 10.6 Å². The molecule has 5 nitrogen and oxygen atoms in total. The molecule has 0 aromatic heterocycles. The zero-order valence-corrected chi connectivity index (χ0v) is 10.8. The van der Waals surface area contributed by atoms with Crippen molar-refractivity contribution in [3.05, 3.63) is 30.3 Å². The van der Waals surface area contributed by atoms with Gasteiger partial charge in [0.2, 0.25) is 10.0 Å². The highest BCUT2D eigenvalue weighted by Gasteiger charge is 2.28. The van der Waals surface area contributed by atoms with E-state index >= 15 is 0 Å². The van der Waals surface area contributed by atoms with Crippen LogP contribution in [0.1, 0.15) is 5.56 Å². The molecule has 98 valence electrons. The Morgan fingerprint density at radius 3 is 2.61 bits per heavy atom. The molecule has 2 N–H and O–H groups in total. The molecule has 1 aliphatic rings. The number of sulfonamides is 1. The zero-order chi connectivity index (χ0) is 13.2. The molecule has 0 amide bonds. The third-order valence-corrected chi connectivity index (χ3v) is 4.84. The van der Waals surface area contributed by atoms with Crippen LogP contribution in [0.5, 0.6) is 5.75 Å². The second kappa shape index (κ2) is 5.09. The highest BCUT2D eigenvalue weighted by Crippen LogP contribution is 2.27. The monoisotopic (exact) mass is 268 g/mol. The van der Waals surface area contributed by atoms with Crippen molar-refractivity contribution in [2.45, 2.75) is 4.90 Å². The van der Waals surface area contributed by atoms with E-state index in [1.165, 1.54) is 16.4 Å². The molecular formula is C12H16N2O3S. The van der Waals surface area contributed by atoms with E-state index < -0.39 is 10.0 Å². The van der Waals surface area contributed by atoms with Crippen LogP contribution in [-0.2, 0) is 10.0 Å². The maximum Gasteiger partial charge on any atom is 0.246 e. The van der Waals surface area contributed by atoms with Crippen LogP contribution in [0.25, 0.3) is 6.08 Å². The Labute approximate surface area is 107 Å². The average Bonchev–Trinajstić information content (AvgIpc) is 2.40. The number of aromatic hydroxyl groups is 1. The van der Waals surface area contributed by atoms with Crippen LogP contribution in [0.4, 0.5) is 0 Å². The lowest BCUT2D eigenvalue weighted by molar-refractivity contribution is 0.357. The minimum atomic E-state index is -3.63. The molecule has 0 aliphatic carbocycles. The smallest absolute Gasteiger partial charge is 0.246 e. The molecule has 1 saturated heterocycles. The predicted octanol–water partition coefficient (Wildman–Crippen LogP) is 0.629. The lowest BCUT2D eigenvalue weighted by Crippen LogP contribution is -2.46. The number of nitrogens with one attached hydrogen (secondary N) is 1. The molecule has 1 fully saturated rings. The molecule has 6 heteroatoms. The minimum Gasteiger partial charge on any atom is -0.507 e. The van der Waals surface area contributed by atoms with Crippen LogP contribution in [-0.4, -0.2) is 44.0 Å². The SMILES string of the molecule is C=Cc1ccc(O)c(S(=O)(=O)N2CCNCC2)c1. The molecule has 0 atom stereocenters. The highest BCUT2D eigenvalue weighted by atomic mass is 32.2. The topological polar surface area (TPSA) is 69.6 Å².